The van der Waals surface area contributed by atoms with Crippen LogP contribution >= 0.6 is 22.9 Å². The SMILES string of the molecule is Cc1nccn1I. The number of imidazole rings is 1. The van der Waals surface area contributed by atoms with Crippen LogP contribution in [0.4, 0.5) is 0 Å². The molecule has 1 aromatic heterocycles. The van der Waals surface area contributed by atoms with Crippen molar-refractivity contribution < 1.29 is 0 Å². The molecule has 2 nitrogen and oxygen atoms in total. The Balaban J connectivity index is 3.12. The fourth-order valence-electron chi connectivity index (χ4n) is 0.363. The molecule has 0 N–H and O–H groups in total. The summed E-state index contributed by atoms with van der Waals surface area (Å²) in [5.41, 5.74) is 0. The smallest absolute Gasteiger partial charge is 0.114 e. The van der Waals surface area contributed by atoms with Gasteiger partial charge in [0.1, 0.15) is 5.82 Å². The van der Waals surface area contributed by atoms with Crippen molar-refractivity contribution in [3.8, 4) is 0 Å². The predicted octanol–water partition coefficient (Wildman–Crippen LogP) is 1.39. The summed E-state index contributed by atoms with van der Waals surface area (Å²) >= 11 is 2.17. The molecular weight excluding hydrogens is 203 g/mol. The maximum Gasteiger partial charge on any atom is 0.114 e. The van der Waals surface area contributed by atoms with Gasteiger partial charge in [-0.3, -0.25) is 2.78 Å². The Kier molecular flexibility index (Phi) is 1.32. The zero-order valence-corrected chi connectivity index (χ0v) is 6.08. The molecule has 0 bridgehead atoms. The lowest BCUT2D eigenvalue weighted by Crippen LogP contribution is -1.78. The molecule has 38 valence electrons. The van der Waals surface area contributed by atoms with Crippen molar-refractivity contribution in [1.29, 1.82) is 0 Å². The summed E-state index contributed by atoms with van der Waals surface area (Å²) in [5, 5.41) is 0. The first-order valence-electron chi connectivity index (χ1n) is 1.97. The van der Waals surface area contributed by atoms with E-state index in [1.165, 1.54) is 0 Å². The molecule has 1 aromatic rings. The highest BCUT2D eigenvalue weighted by Crippen LogP contribution is 1.97. The molecule has 1 rings (SSSR count). The maximum absolute atomic E-state index is 3.97. The Morgan fingerprint density at radius 1 is 1.86 bits per heavy atom. The van der Waals surface area contributed by atoms with Crippen LogP contribution in [0.3, 0.4) is 0 Å². The summed E-state index contributed by atoms with van der Waals surface area (Å²) in [6, 6.07) is 0. The standard InChI is InChI=1S/C4H5IN2/c1-4-6-2-3-7(4)5/h2-3H,1H3. The lowest BCUT2D eigenvalue weighted by atomic mass is 10.8. The van der Waals surface area contributed by atoms with Crippen LogP contribution in [0.1, 0.15) is 5.82 Å². The minimum absolute atomic E-state index is 1.04. The third-order valence-electron chi connectivity index (χ3n) is 0.768. The molecule has 1 heterocycles. The second kappa shape index (κ2) is 1.81. The van der Waals surface area contributed by atoms with Crippen molar-refractivity contribution in [1.82, 2.24) is 7.76 Å². The fourth-order valence-corrected chi connectivity index (χ4v) is 0.631. The molecule has 0 unspecified atom stereocenters. The van der Waals surface area contributed by atoms with Gasteiger partial charge in [0.05, 0.1) is 22.9 Å². The fraction of sp³-hybridized carbons (Fsp3) is 0.250. The number of halogens is 1. The second-order valence-corrected chi connectivity index (χ2v) is 2.33. The number of hydrogen-bond acceptors (Lipinski definition) is 1. The lowest BCUT2D eigenvalue weighted by Gasteiger charge is -1.83. The highest BCUT2D eigenvalue weighted by atomic mass is 127. The molecule has 0 saturated carbocycles. The highest BCUT2D eigenvalue weighted by molar-refractivity contribution is 14.1. The van der Waals surface area contributed by atoms with Gasteiger partial charge in [0.2, 0.25) is 0 Å². The maximum atomic E-state index is 3.97. The van der Waals surface area contributed by atoms with E-state index in [1.54, 1.807) is 6.20 Å². The van der Waals surface area contributed by atoms with Crippen LogP contribution < -0.4 is 0 Å². The van der Waals surface area contributed by atoms with Gasteiger partial charge in [0.25, 0.3) is 0 Å². The molecule has 0 aliphatic heterocycles. The van der Waals surface area contributed by atoms with E-state index in [1.807, 2.05) is 15.9 Å². The third kappa shape index (κ3) is 0.933. The van der Waals surface area contributed by atoms with E-state index in [0.717, 1.165) is 5.82 Å². The third-order valence-corrected chi connectivity index (χ3v) is 1.79. The first-order valence-corrected chi connectivity index (χ1v) is 2.93. The number of rotatable bonds is 0. The minimum atomic E-state index is 1.04. The normalized spacial score (nSPS) is 9.43. The van der Waals surface area contributed by atoms with Crippen LogP contribution in [0, 0.1) is 6.92 Å². The Morgan fingerprint density at radius 3 is 2.71 bits per heavy atom. The molecule has 0 atom stereocenters. The lowest BCUT2D eigenvalue weighted by molar-refractivity contribution is 1.13. The van der Waals surface area contributed by atoms with Gasteiger partial charge in [0, 0.05) is 12.4 Å². The number of hydrogen-bond donors (Lipinski definition) is 0. The summed E-state index contributed by atoms with van der Waals surface area (Å²) in [5.74, 6) is 1.04. The topological polar surface area (TPSA) is 17.8 Å². The largest absolute Gasteiger partial charge is 0.276 e. The Morgan fingerprint density at radius 2 is 2.57 bits per heavy atom. The van der Waals surface area contributed by atoms with Crippen molar-refractivity contribution >= 4 is 22.9 Å². The molecule has 0 amide bonds. The summed E-state index contributed by atoms with van der Waals surface area (Å²) < 4.78 is 1.94. The summed E-state index contributed by atoms with van der Waals surface area (Å²) in [6.07, 6.45) is 3.69. The van der Waals surface area contributed by atoms with Crippen LogP contribution in [0.5, 0.6) is 0 Å². The van der Waals surface area contributed by atoms with Gasteiger partial charge < -0.3 is 0 Å². The van der Waals surface area contributed by atoms with E-state index in [4.69, 9.17) is 0 Å². The van der Waals surface area contributed by atoms with Crippen molar-refractivity contribution in [3.05, 3.63) is 18.2 Å². The highest BCUT2D eigenvalue weighted by Gasteiger charge is 1.85. The summed E-state index contributed by atoms with van der Waals surface area (Å²) in [6.45, 7) is 1.96. The van der Waals surface area contributed by atoms with Crippen LogP contribution in [0.2, 0.25) is 0 Å². The van der Waals surface area contributed by atoms with E-state index in [-0.39, 0.29) is 0 Å². The van der Waals surface area contributed by atoms with Gasteiger partial charge >= 0.3 is 0 Å². The Labute approximate surface area is 56.1 Å². The molecule has 0 spiro atoms. The van der Waals surface area contributed by atoms with Gasteiger partial charge in [-0.2, -0.15) is 0 Å². The first-order chi connectivity index (χ1) is 3.30. The zero-order chi connectivity index (χ0) is 5.28. The Hall–Kier alpha value is -0.0600. The van der Waals surface area contributed by atoms with E-state index < -0.39 is 0 Å². The molecule has 0 fully saturated rings. The van der Waals surface area contributed by atoms with Gasteiger partial charge in [-0.15, -0.1) is 0 Å². The average Bonchev–Trinajstić information content (AvgIpc) is 1.91. The van der Waals surface area contributed by atoms with E-state index in [2.05, 4.69) is 27.8 Å². The monoisotopic (exact) mass is 208 g/mol. The Bertz CT molecular complexity index is 142. The first kappa shape index (κ1) is 5.08. The van der Waals surface area contributed by atoms with E-state index >= 15 is 0 Å². The van der Waals surface area contributed by atoms with Crippen molar-refractivity contribution in [2.45, 2.75) is 6.92 Å². The molecular formula is C4H5IN2. The van der Waals surface area contributed by atoms with Crippen LogP contribution in [0.15, 0.2) is 12.4 Å². The number of nitrogens with zero attached hydrogens (tertiary/aromatic N) is 2. The van der Waals surface area contributed by atoms with Gasteiger partial charge in [0.15, 0.2) is 0 Å². The zero-order valence-electron chi connectivity index (χ0n) is 3.93. The van der Waals surface area contributed by atoms with Crippen molar-refractivity contribution in [2.24, 2.45) is 0 Å². The minimum Gasteiger partial charge on any atom is -0.276 e. The molecule has 3 heteroatoms. The second-order valence-electron chi connectivity index (χ2n) is 1.29. The average molecular weight is 208 g/mol. The van der Waals surface area contributed by atoms with Crippen molar-refractivity contribution in [3.63, 3.8) is 0 Å². The van der Waals surface area contributed by atoms with E-state index in [0.29, 0.717) is 0 Å². The van der Waals surface area contributed by atoms with Crippen LogP contribution in [0.25, 0.3) is 0 Å². The molecule has 7 heavy (non-hydrogen) atoms. The summed E-state index contributed by atoms with van der Waals surface area (Å²) in [4.78, 5) is 3.97. The molecule has 0 aliphatic carbocycles. The number of aryl methyl sites for hydroxylation is 1. The number of aromatic nitrogens is 2. The quantitative estimate of drug-likeness (QED) is 0.589. The molecule has 0 aromatic carbocycles. The summed E-state index contributed by atoms with van der Waals surface area (Å²) in [7, 11) is 0. The molecule has 0 saturated heterocycles. The van der Waals surface area contributed by atoms with Gasteiger partial charge in [-0.1, -0.05) is 0 Å². The van der Waals surface area contributed by atoms with Crippen molar-refractivity contribution in [2.75, 3.05) is 0 Å². The molecule has 0 aliphatic rings. The molecule has 0 radical (unpaired) electrons. The van der Waals surface area contributed by atoms with Crippen LogP contribution in [-0.4, -0.2) is 7.76 Å². The van der Waals surface area contributed by atoms with Crippen LogP contribution in [-0.2, 0) is 0 Å². The van der Waals surface area contributed by atoms with E-state index in [9.17, 15) is 0 Å². The predicted molar refractivity (Wildman–Crippen MR) is 36.4 cm³/mol. The van der Waals surface area contributed by atoms with Gasteiger partial charge in [-0.05, 0) is 6.92 Å². The van der Waals surface area contributed by atoms with Gasteiger partial charge in [-0.25, -0.2) is 4.98 Å².